The number of carbonyl (C=O) groups is 2. The minimum absolute atomic E-state index is 0.0787. The fraction of sp³-hybridized carbons (Fsp3) is 0.500. The second kappa shape index (κ2) is 9.60. The minimum atomic E-state index is -3.99. The fourth-order valence-corrected chi connectivity index (χ4v) is 5.90. The zero-order valence-electron chi connectivity index (χ0n) is 18.5. The molecule has 11 heteroatoms. The molecule has 9 nitrogen and oxygen atoms in total. The van der Waals surface area contributed by atoms with Gasteiger partial charge < -0.3 is 10.2 Å². The Bertz CT molecular complexity index is 1140. The number of nitrogens with zero attached hydrogens (tertiary/aromatic N) is 4. The summed E-state index contributed by atoms with van der Waals surface area (Å²) in [5.74, 6) is -1.41. The van der Waals surface area contributed by atoms with Crippen LogP contribution in [0.3, 0.4) is 0 Å². The predicted molar refractivity (Wildman–Crippen MR) is 119 cm³/mol. The maximum atomic E-state index is 14.5. The van der Waals surface area contributed by atoms with Crippen molar-refractivity contribution in [1.29, 1.82) is 0 Å². The SMILES string of the molecule is Cn1cc(C(=O)NC2CCN(C(=O)c3ccc(F)c(S(=O)(=O)N4CCCCC4)c3)CC2)cn1. The van der Waals surface area contributed by atoms with Crippen LogP contribution in [0.4, 0.5) is 4.39 Å². The van der Waals surface area contributed by atoms with E-state index >= 15 is 0 Å². The summed E-state index contributed by atoms with van der Waals surface area (Å²) in [5.41, 5.74) is 0.620. The molecule has 3 heterocycles. The average Bonchev–Trinajstić information content (AvgIpc) is 3.26. The first-order valence-electron chi connectivity index (χ1n) is 11.1. The third kappa shape index (κ3) is 5.09. The number of aryl methyl sites for hydroxylation is 1. The van der Waals surface area contributed by atoms with E-state index in [2.05, 4.69) is 10.4 Å². The van der Waals surface area contributed by atoms with Crippen molar-refractivity contribution in [2.24, 2.45) is 7.05 Å². The molecule has 1 N–H and O–H groups in total. The number of nitrogens with one attached hydrogen (secondary N) is 1. The summed E-state index contributed by atoms with van der Waals surface area (Å²) in [6.45, 7) is 1.53. The smallest absolute Gasteiger partial charge is 0.254 e. The maximum absolute atomic E-state index is 14.5. The van der Waals surface area contributed by atoms with Crippen molar-refractivity contribution in [2.45, 2.75) is 43.0 Å². The molecule has 2 fully saturated rings. The van der Waals surface area contributed by atoms with Crippen LogP contribution in [-0.4, -0.2) is 71.4 Å². The monoisotopic (exact) mass is 477 g/mol. The van der Waals surface area contributed by atoms with E-state index in [1.807, 2.05) is 0 Å². The van der Waals surface area contributed by atoms with Gasteiger partial charge in [0.1, 0.15) is 10.7 Å². The van der Waals surface area contributed by atoms with Crippen LogP contribution in [0.1, 0.15) is 52.8 Å². The molecule has 33 heavy (non-hydrogen) atoms. The number of benzene rings is 1. The van der Waals surface area contributed by atoms with Crippen molar-refractivity contribution in [2.75, 3.05) is 26.2 Å². The van der Waals surface area contributed by atoms with Gasteiger partial charge in [-0.25, -0.2) is 12.8 Å². The molecule has 1 aromatic heterocycles. The number of hydrogen-bond acceptors (Lipinski definition) is 5. The van der Waals surface area contributed by atoms with Crippen molar-refractivity contribution in [3.63, 3.8) is 0 Å². The van der Waals surface area contributed by atoms with Gasteiger partial charge in [0.15, 0.2) is 0 Å². The number of hydrogen-bond donors (Lipinski definition) is 1. The van der Waals surface area contributed by atoms with Crippen LogP contribution in [0.5, 0.6) is 0 Å². The first-order chi connectivity index (χ1) is 15.8. The second-order valence-corrected chi connectivity index (χ2v) is 10.5. The highest BCUT2D eigenvalue weighted by molar-refractivity contribution is 7.89. The van der Waals surface area contributed by atoms with E-state index in [4.69, 9.17) is 0 Å². The Morgan fingerprint density at radius 3 is 2.39 bits per heavy atom. The summed E-state index contributed by atoms with van der Waals surface area (Å²) in [7, 11) is -2.26. The summed E-state index contributed by atoms with van der Waals surface area (Å²) < 4.78 is 43.2. The van der Waals surface area contributed by atoms with Gasteiger partial charge in [0.05, 0.1) is 11.8 Å². The lowest BCUT2D eigenvalue weighted by molar-refractivity contribution is 0.0697. The lowest BCUT2D eigenvalue weighted by Gasteiger charge is -2.32. The van der Waals surface area contributed by atoms with Crippen molar-refractivity contribution in [1.82, 2.24) is 24.3 Å². The summed E-state index contributed by atoms with van der Waals surface area (Å²) >= 11 is 0. The van der Waals surface area contributed by atoms with Crippen molar-refractivity contribution >= 4 is 21.8 Å². The molecule has 2 aliphatic heterocycles. The molecule has 0 bridgehead atoms. The Morgan fingerprint density at radius 2 is 1.76 bits per heavy atom. The number of sulfonamides is 1. The van der Waals surface area contributed by atoms with Crippen molar-refractivity contribution < 1.29 is 22.4 Å². The van der Waals surface area contributed by atoms with E-state index in [1.165, 1.54) is 16.6 Å². The highest BCUT2D eigenvalue weighted by Gasteiger charge is 2.31. The number of likely N-dealkylation sites (tertiary alicyclic amines) is 1. The van der Waals surface area contributed by atoms with E-state index < -0.39 is 20.7 Å². The minimum Gasteiger partial charge on any atom is -0.349 e. The van der Waals surface area contributed by atoms with E-state index in [0.717, 1.165) is 31.4 Å². The van der Waals surface area contributed by atoms with E-state index in [1.54, 1.807) is 22.8 Å². The van der Waals surface area contributed by atoms with Crippen molar-refractivity contribution in [3.8, 4) is 0 Å². The molecule has 2 amide bonds. The largest absolute Gasteiger partial charge is 0.349 e. The molecule has 0 unspecified atom stereocenters. The molecular formula is C22H28FN5O4S. The molecule has 0 spiro atoms. The molecule has 0 atom stereocenters. The van der Waals surface area contributed by atoms with Gasteiger partial charge in [-0.2, -0.15) is 9.40 Å². The maximum Gasteiger partial charge on any atom is 0.254 e. The fourth-order valence-electron chi connectivity index (χ4n) is 4.30. The Morgan fingerprint density at radius 1 is 1.06 bits per heavy atom. The summed E-state index contributed by atoms with van der Waals surface area (Å²) in [6.07, 6.45) is 6.70. The van der Waals surface area contributed by atoms with Gasteiger partial charge in [0.25, 0.3) is 11.8 Å². The van der Waals surface area contributed by atoms with E-state index in [9.17, 15) is 22.4 Å². The predicted octanol–water partition coefficient (Wildman–Crippen LogP) is 1.77. The highest BCUT2D eigenvalue weighted by Crippen LogP contribution is 2.25. The van der Waals surface area contributed by atoms with Gasteiger partial charge in [0.2, 0.25) is 10.0 Å². The van der Waals surface area contributed by atoms with Crippen molar-refractivity contribution in [3.05, 3.63) is 47.5 Å². The molecule has 178 valence electrons. The number of amides is 2. The number of aromatic nitrogens is 2. The summed E-state index contributed by atoms with van der Waals surface area (Å²) in [4.78, 5) is 26.5. The van der Waals surface area contributed by atoms with Gasteiger partial charge >= 0.3 is 0 Å². The van der Waals surface area contributed by atoms with Crippen LogP contribution in [0.2, 0.25) is 0 Å². The molecular weight excluding hydrogens is 449 g/mol. The van der Waals surface area contributed by atoms with E-state index in [0.29, 0.717) is 44.6 Å². The quantitative estimate of drug-likeness (QED) is 0.707. The second-order valence-electron chi connectivity index (χ2n) is 8.55. The molecule has 1 aromatic carbocycles. The number of piperidine rings is 2. The third-order valence-corrected chi connectivity index (χ3v) is 8.11. The van der Waals surface area contributed by atoms with Crippen LogP contribution in [-0.2, 0) is 17.1 Å². The molecule has 0 radical (unpaired) electrons. The number of halogens is 1. The Balaban J connectivity index is 1.40. The molecule has 0 saturated carbocycles. The van der Waals surface area contributed by atoms with Crippen LogP contribution in [0, 0.1) is 5.82 Å². The van der Waals surface area contributed by atoms with Gasteiger partial charge in [-0.1, -0.05) is 6.42 Å². The molecule has 2 aromatic rings. The van der Waals surface area contributed by atoms with Gasteiger partial charge in [-0.15, -0.1) is 0 Å². The Labute approximate surface area is 192 Å². The van der Waals surface area contributed by atoms with Crippen LogP contribution in [0.15, 0.2) is 35.5 Å². The first kappa shape index (κ1) is 23.4. The molecule has 2 saturated heterocycles. The van der Waals surface area contributed by atoms with Crippen LogP contribution in [0.25, 0.3) is 0 Å². The zero-order valence-corrected chi connectivity index (χ0v) is 19.4. The van der Waals surface area contributed by atoms with Gasteiger partial charge in [-0.3, -0.25) is 14.3 Å². The summed E-state index contributed by atoms with van der Waals surface area (Å²) in [5, 5.41) is 6.95. The van der Waals surface area contributed by atoms with Crippen LogP contribution >= 0.6 is 0 Å². The van der Waals surface area contributed by atoms with E-state index in [-0.39, 0.29) is 23.4 Å². The Kier molecular flexibility index (Phi) is 6.80. The Hall–Kier alpha value is -2.79. The van der Waals surface area contributed by atoms with Crippen LogP contribution < -0.4 is 5.32 Å². The molecule has 4 rings (SSSR count). The molecule has 0 aliphatic carbocycles. The number of carbonyl (C=O) groups excluding carboxylic acids is 2. The summed E-state index contributed by atoms with van der Waals surface area (Å²) in [6, 6.07) is 3.44. The zero-order chi connectivity index (χ0) is 23.6. The lowest BCUT2D eigenvalue weighted by atomic mass is 10.0. The normalized spacial score (nSPS) is 18.3. The topological polar surface area (TPSA) is 105 Å². The third-order valence-electron chi connectivity index (χ3n) is 6.20. The average molecular weight is 478 g/mol. The van der Waals surface area contributed by atoms with Gasteiger partial charge in [0, 0.05) is 51.0 Å². The molecule has 2 aliphatic rings. The first-order valence-corrected chi connectivity index (χ1v) is 12.6. The highest BCUT2D eigenvalue weighted by atomic mass is 32.2. The lowest BCUT2D eigenvalue weighted by Crippen LogP contribution is -2.46. The standard InChI is InChI=1S/C22H28FN5O4S/c1-26-15-17(14-24-26)21(29)25-18-7-11-27(12-8-18)22(30)16-5-6-19(23)20(13-16)33(31,32)28-9-3-2-4-10-28/h5-6,13-15,18H,2-4,7-12H2,1H3,(H,25,29). The van der Waals surface area contributed by atoms with Gasteiger partial charge in [-0.05, 0) is 43.9 Å². The number of rotatable bonds is 5.